The first-order valence-corrected chi connectivity index (χ1v) is 7.17. The summed E-state index contributed by atoms with van der Waals surface area (Å²) in [6.07, 6.45) is 0. The Balaban J connectivity index is 1.90. The lowest BCUT2D eigenvalue weighted by atomic mass is 10.1. The van der Waals surface area contributed by atoms with Crippen LogP contribution in [0.5, 0.6) is 11.5 Å². The van der Waals surface area contributed by atoms with Crippen molar-refractivity contribution in [3.8, 4) is 11.5 Å². The second-order valence-electron chi connectivity index (χ2n) is 5.39. The minimum atomic E-state index is -0.844. The molecule has 0 radical (unpaired) electrons. The number of hydrogen-bond donors (Lipinski definition) is 0. The lowest BCUT2D eigenvalue weighted by Gasteiger charge is -2.20. The third-order valence-electron chi connectivity index (χ3n) is 4.02. The first kappa shape index (κ1) is 15.3. The van der Waals surface area contributed by atoms with Gasteiger partial charge in [-0.3, -0.25) is 0 Å². The average Bonchev–Trinajstić information content (AvgIpc) is 2.86. The first-order valence-electron chi connectivity index (χ1n) is 7.17. The van der Waals surface area contributed by atoms with Crippen LogP contribution in [-0.4, -0.2) is 19.1 Å². The topological polar surface area (TPSA) is 21.7 Å². The van der Waals surface area contributed by atoms with Gasteiger partial charge in [-0.1, -0.05) is 18.7 Å². The molecule has 2 aromatic carbocycles. The van der Waals surface area contributed by atoms with Crippen LogP contribution in [0.2, 0.25) is 0 Å². The molecule has 0 unspecified atom stereocenters. The molecule has 3 nitrogen and oxygen atoms in total. The van der Waals surface area contributed by atoms with E-state index < -0.39 is 11.6 Å². The van der Waals surface area contributed by atoms with Crippen molar-refractivity contribution in [3.63, 3.8) is 0 Å². The fourth-order valence-corrected chi connectivity index (χ4v) is 2.88. The number of rotatable bonds is 4. The largest absolute Gasteiger partial charge is 0.493 e. The van der Waals surface area contributed by atoms with E-state index in [4.69, 9.17) is 9.47 Å². The van der Waals surface area contributed by atoms with Crippen LogP contribution in [-0.2, 0) is 13.1 Å². The number of nitrogens with zero attached hydrogens (tertiary/aromatic N) is 1. The molecule has 0 fully saturated rings. The second-order valence-corrected chi connectivity index (χ2v) is 5.39. The van der Waals surface area contributed by atoms with Gasteiger partial charge in [0.25, 0.3) is 0 Å². The van der Waals surface area contributed by atoms with Crippen LogP contribution < -0.4 is 9.47 Å². The molecule has 0 bridgehead atoms. The normalized spacial score (nSPS) is 13.2. The Hall–Kier alpha value is -2.56. The van der Waals surface area contributed by atoms with Gasteiger partial charge < -0.3 is 14.4 Å². The molecule has 0 aromatic heterocycles. The van der Waals surface area contributed by atoms with Crippen LogP contribution in [0.3, 0.4) is 0 Å². The van der Waals surface area contributed by atoms with Gasteiger partial charge in [-0.25, -0.2) is 8.78 Å². The van der Waals surface area contributed by atoms with Gasteiger partial charge in [-0.15, -0.1) is 0 Å². The Morgan fingerprint density at radius 2 is 1.87 bits per heavy atom. The highest BCUT2D eigenvalue weighted by Gasteiger charge is 2.28. The maximum absolute atomic E-state index is 13.4. The number of methoxy groups -OCH3 is 2. The summed E-state index contributed by atoms with van der Waals surface area (Å²) >= 11 is 0. The van der Waals surface area contributed by atoms with Crippen LogP contribution in [0.25, 0.3) is 5.70 Å². The molecule has 0 aliphatic carbocycles. The monoisotopic (exact) mass is 317 g/mol. The van der Waals surface area contributed by atoms with E-state index in [9.17, 15) is 8.78 Å². The van der Waals surface area contributed by atoms with Crippen LogP contribution >= 0.6 is 0 Å². The Morgan fingerprint density at radius 3 is 2.52 bits per heavy atom. The maximum Gasteiger partial charge on any atom is 0.170 e. The van der Waals surface area contributed by atoms with E-state index in [0.29, 0.717) is 30.2 Å². The van der Waals surface area contributed by atoms with Gasteiger partial charge in [0.1, 0.15) is 0 Å². The Morgan fingerprint density at radius 1 is 1.09 bits per heavy atom. The minimum Gasteiger partial charge on any atom is -0.493 e. The molecule has 0 N–H and O–H groups in total. The molecule has 3 rings (SSSR count). The zero-order valence-electron chi connectivity index (χ0n) is 13.0. The van der Waals surface area contributed by atoms with E-state index in [0.717, 1.165) is 22.9 Å². The van der Waals surface area contributed by atoms with Gasteiger partial charge in [0, 0.05) is 24.4 Å². The highest BCUT2D eigenvalue weighted by atomic mass is 19.2. The molecule has 0 saturated carbocycles. The van der Waals surface area contributed by atoms with Crippen molar-refractivity contribution in [2.75, 3.05) is 14.2 Å². The number of fused-ring (bicyclic) bond motifs is 1. The van der Waals surface area contributed by atoms with E-state index in [1.807, 2.05) is 17.0 Å². The quantitative estimate of drug-likeness (QED) is 0.852. The third-order valence-corrected chi connectivity index (χ3v) is 4.02. The minimum absolute atomic E-state index is 0.441. The fourth-order valence-electron chi connectivity index (χ4n) is 2.88. The zero-order chi connectivity index (χ0) is 16.6. The summed E-state index contributed by atoms with van der Waals surface area (Å²) in [4.78, 5) is 2.00. The summed E-state index contributed by atoms with van der Waals surface area (Å²) in [5, 5.41) is 0. The molecule has 1 aliphatic rings. The number of benzene rings is 2. The lowest BCUT2D eigenvalue weighted by molar-refractivity contribution is 0.353. The molecule has 0 atom stereocenters. The molecule has 0 spiro atoms. The van der Waals surface area contributed by atoms with Crippen molar-refractivity contribution in [1.82, 2.24) is 4.90 Å². The Bertz CT molecular complexity index is 774. The maximum atomic E-state index is 13.4. The van der Waals surface area contributed by atoms with E-state index in [2.05, 4.69) is 6.58 Å². The van der Waals surface area contributed by atoms with Crippen molar-refractivity contribution in [3.05, 3.63) is 65.2 Å². The van der Waals surface area contributed by atoms with Crippen LogP contribution in [0.15, 0.2) is 36.9 Å². The first-order chi connectivity index (χ1) is 11.0. The van der Waals surface area contributed by atoms with Gasteiger partial charge in [0.2, 0.25) is 0 Å². The van der Waals surface area contributed by atoms with Gasteiger partial charge in [0.05, 0.1) is 14.2 Å². The SMILES string of the molecule is C=C1c2c(ccc(OC)c2OC)CN1Cc1ccc(F)c(F)c1. The molecule has 1 heterocycles. The Labute approximate surface area is 133 Å². The molecule has 120 valence electrons. The van der Waals surface area contributed by atoms with E-state index in [1.165, 1.54) is 6.07 Å². The van der Waals surface area contributed by atoms with Crippen LogP contribution in [0.1, 0.15) is 16.7 Å². The van der Waals surface area contributed by atoms with Gasteiger partial charge in [-0.2, -0.15) is 0 Å². The number of halogens is 2. The smallest absolute Gasteiger partial charge is 0.170 e. The van der Waals surface area contributed by atoms with Gasteiger partial charge >= 0.3 is 0 Å². The van der Waals surface area contributed by atoms with Crippen molar-refractivity contribution in [2.45, 2.75) is 13.1 Å². The summed E-state index contributed by atoms with van der Waals surface area (Å²) in [5.41, 5.74) is 3.42. The molecule has 2 aromatic rings. The van der Waals surface area contributed by atoms with Gasteiger partial charge in [0.15, 0.2) is 23.1 Å². The summed E-state index contributed by atoms with van der Waals surface area (Å²) in [6.45, 7) is 5.19. The molecule has 23 heavy (non-hydrogen) atoms. The van der Waals surface area contributed by atoms with E-state index >= 15 is 0 Å². The summed E-state index contributed by atoms with van der Waals surface area (Å²) in [5.74, 6) is -0.405. The highest BCUT2D eigenvalue weighted by Crippen LogP contribution is 2.43. The summed E-state index contributed by atoms with van der Waals surface area (Å²) < 4.78 is 37.2. The molecule has 1 aliphatic heterocycles. The molecular weight excluding hydrogens is 300 g/mol. The van der Waals surface area contributed by atoms with Crippen molar-refractivity contribution in [2.24, 2.45) is 0 Å². The van der Waals surface area contributed by atoms with Crippen molar-refractivity contribution >= 4 is 5.70 Å². The molecule has 0 saturated heterocycles. The van der Waals surface area contributed by atoms with Crippen molar-refractivity contribution < 1.29 is 18.3 Å². The highest BCUT2D eigenvalue weighted by molar-refractivity contribution is 5.76. The average molecular weight is 317 g/mol. The summed E-state index contributed by atoms with van der Waals surface area (Å²) in [6, 6.07) is 7.75. The number of hydrogen-bond acceptors (Lipinski definition) is 3. The molecule has 0 amide bonds. The third kappa shape index (κ3) is 2.63. The van der Waals surface area contributed by atoms with Crippen molar-refractivity contribution in [1.29, 1.82) is 0 Å². The predicted octanol–water partition coefficient (Wildman–Crippen LogP) is 3.97. The molecular formula is C18H17F2NO2. The molecule has 5 heteroatoms. The number of ether oxygens (including phenoxy) is 2. The van der Waals surface area contributed by atoms with Crippen LogP contribution in [0, 0.1) is 11.6 Å². The standard InChI is InChI=1S/C18H17F2NO2/c1-11-17-13(5-7-16(22-2)18(17)23-3)10-21(11)9-12-4-6-14(19)15(20)8-12/h4-8H,1,9-10H2,2-3H3. The van der Waals surface area contributed by atoms with E-state index in [-0.39, 0.29) is 0 Å². The summed E-state index contributed by atoms with van der Waals surface area (Å²) in [7, 11) is 3.17. The van der Waals surface area contributed by atoms with Crippen LogP contribution in [0.4, 0.5) is 8.78 Å². The Kier molecular flexibility index (Phi) is 3.94. The predicted molar refractivity (Wildman–Crippen MR) is 84.2 cm³/mol. The lowest BCUT2D eigenvalue weighted by Crippen LogP contribution is -2.14. The zero-order valence-corrected chi connectivity index (χ0v) is 13.0. The van der Waals surface area contributed by atoms with Gasteiger partial charge in [-0.05, 0) is 29.3 Å². The second kappa shape index (κ2) is 5.91. The van der Waals surface area contributed by atoms with E-state index in [1.54, 1.807) is 20.3 Å². The fraction of sp³-hybridized carbons (Fsp3) is 0.222.